The fourth-order valence-electron chi connectivity index (χ4n) is 4.29. The van der Waals surface area contributed by atoms with Crippen molar-refractivity contribution in [2.24, 2.45) is 72.2 Å². The summed E-state index contributed by atoms with van der Waals surface area (Å²) in [5.74, 6) is 0.243. The van der Waals surface area contributed by atoms with Crippen molar-refractivity contribution in [3.63, 3.8) is 0 Å². The molecule has 13 N–H and O–H groups in total. The van der Waals surface area contributed by atoms with Crippen LogP contribution in [0.2, 0.25) is 0 Å². The first-order valence-electron chi connectivity index (χ1n) is 28.1. The van der Waals surface area contributed by atoms with Crippen LogP contribution in [0, 0.1) is 148 Å². The Balaban J connectivity index is -0.000000100. The van der Waals surface area contributed by atoms with Gasteiger partial charge in [-0.05, 0) is 84.6 Å². The highest BCUT2D eigenvalue weighted by atomic mass is 32.1. The van der Waals surface area contributed by atoms with Crippen molar-refractivity contribution in [1.82, 2.24) is 14.2 Å². The van der Waals surface area contributed by atoms with Gasteiger partial charge in [0.2, 0.25) is 29.0 Å². The van der Waals surface area contributed by atoms with Crippen LogP contribution in [0.5, 0.6) is 0 Å². The molecule has 0 aromatic rings. The van der Waals surface area contributed by atoms with Gasteiger partial charge in [-0.25, -0.2) is 4.79 Å². The van der Waals surface area contributed by atoms with E-state index in [4.69, 9.17) is 78.8 Å². The number of halogens is 12. The van der Waals surface area contributed by atoms with E-state index in [1.807, 2.05) is 51.0 Å². The Hall–Kier alpha value is -7.44. The number of amides is 3. The highest BCUT2D eigenvalue weighted by molar-refractivity contribution is 7.79. The molecule has 566 valence electrons. The van der Waals surface area contributed by atoms with E-state index in [0.717, 1.165) is 33.6 Å². The molecule has 0 unspecified atom stereocenters. The Labute approximate surface area is 593 Å². The van der Waals surface area contributed by atoms with Gasteiger partial charge in [0.1, 0.15) is 5.54 Å². The van der Waals surface area contributed by atoms with Gasteiger partial charge in [-0.3, -0.25) is 44.1 Å². The minimum Gasteiger partial charge on any atom is -0.480 e. The molecule has 0 atom stereocenters. The monoisotopic (exact) mass is 1490 g/mol. The van der Waals surface area contributed by atoms with Gasteiger partial charge in [-0.1, -0.05) is 190 Å². The van der Waals surface area contributed by atoms with Crippen LogP contribution in [-0.2, 0) is 43.2 Å². The minimum atomic E-state index is -5.24. The first-order chi connectivity index (χ1) is 43.6. The Kier molecular flexibility index (Phi) is 54.7. The molecule has 3 amide bonds. The maximum absolute atomic E-state index is 12.5. The highest BCUT2D eigenvalue weighted by Gasteiger charge is 2.63. The van der Waals surface area contributed by atoms with Gasteiger partial charge in [0, 0.05) is 5.54 Å². The van der Waals surface area contributed by atoms with E-state index in [1.165, 1.54) is 41.7 Å². The van der Waals surface area contributed by atoms with Crippen molar-refractivity contribution in [3.8, 4) is 98.8 Å². The number of nitrogens with two attached hydrogens (primary N) is 4. The van der Waals surface area contributed by atoms with Crippen molar-refractivity contribution in [3.05, 3.63) is 0 Å². The number of carboxylic acid groups (broad SMARTS) is 2. The summed E-state index contributed by atoms with van der Waals surface area (Å²) >= 11 is 10.0. The first-order valence-corrected chi connectivity index (χ1v) is 29.5. The second-order valence-electron chi connectivity index (χ2n) is 24.5. The Morgan fingerprint density at radius 1 is 0.404 bits per heavy atom. The lowest BCUT2D eigenvalue weighted by molar-refractivity contribution is -0.181. The molecule has 0 radical (unpaired) electrons. The van der Waals surface area contributed by atoms with Crippen LogP contribution >= 0.6 is 38.4 Å². The maximum atomic E-state index is 12.5. The Morgan fingerprint density at radius 2 is 0.606 bits per heavy atom. The molecule has 18 nitrogen and oxygen atoms in total. The summed E-state index contributed by atoms with van der Waals surface area (Å²) in [6.45, 7) is 41.1. The molecule has 0 spiro atoms. The highest BCUT2D eigenvalue weighted by Crippen LogP contribution is 2.46. The summed E-state index contributed by atoms with van der Waals surface area (Å²) in [6, 6.07) is 0. The summed E-state index contributed by atoms with van der Waals surface area (Å²) in [7, 11) is 1.50. The zero-order valence-electron chi connectivity index (χ0n) is 60.2. The zero-order valence-corrected chi connectivity index (χ0v) is 62.8. The predicted molar refractivity (Wildman–Crippen MR) is 371 cm³/mol. The number of ketones is 4. The molecule has 0 saturated heterocycles. The van der Waals surface area contributed by atoms with Crippen LogP contribution in [0.15, 0.2) is 0 Å². The minimum absolute atomic E-state index is 0.0625. The van der Waals surface area contributed by atoms with Gasteiger partial charge >= 0.3 is 36.6 Å². The number of thiol groups is 3. The fourth-order valence-corrected chi connectivity index (χ4v) is 4.93. The topological polar surface area (TPSA) is 334 Å². The second kappa shape index (κ2) is 46.8. The number of carbonyl (C=O) groups excluding carboxylic acids is 7. The molecule has 0 rings (SSSR count). The normalized spacial score (nSPS) is 11.5. The van der Waals surface area contributed by atoms with Crippen LogP contribution in [-0.4, -0.2) is 111 Å². The molecule has 0 saturated carbocycles. The van der Waals surface area contributed by atoms with E-state index in [0.29, 0.717) is 5.41 Å². The molecule has 33 heteroatoms. The first kappa shape index (κ1) is 116. The van der Waals surface area contributed by atoms with Crippen molar-refractivity contribution in [2.45, 2.75) is 207 Å². The van der Waals surface area contributed by atoms with Crippen LogP contribution in [0.25, 0.3) is 0 Å². The standard InChI is InChI=1S/2C11H10F3NO2S.C11H11F3O.C7H17N.C7H16.C6H5NO2.C4H4F3NO2S.C4H9NO2.2C2H6.CH5N/c2*1-5-10(6-2,7(16)11(12,13)14)9(3,4)8(17)15-18;1-6-10(7-2,9(3,4)5)8(15)11(12,13)14;1-6(2,3)7(4,5)8;1-6(2)7(3,4)5;1-3-6(7,4-2)5(8)9;5-4(6,7)2(9)1-3(10)8-11;1-4(2,5)3(6)7;3*1-2/h2*1-2,18H,3-4H3,(H,15,17);1-2H,3-5H3;8H2,1-5H3;6H,1-5H3;1-2H,7H2,(H,8,9);11H,1H2,(H,8,10);5H2,1-2H3,(H,6,7);2*1-2H3;2H2,1H3. The van der Waals surface area contributed by atoms with Gasteiger partial charge in [-0.15, -0.1) is 51.4 Å². The number of hydrogen-bond acceptors (Lipinski definition) is 16. The summed E-state index contributed by atoms with van der Waals surface area (Å²) in [5.41, 5.74) is 5.21. The molecule has 0 aromatic carbocycles. The molecule has 99 heavy (non-hydrogen) atoms. The largest absolute Gasteiger partial charge is 0.480 e. The lowest BCUT2D eigenvalue weighted by Crippen LogP contribution is -2.54. The van der Waals surface area contributed by atoms with Crippen LogP contribution in [0.3, 0.4) is 0 Å². The number of carboxylic acids is 2. The fraction of sp³-hybridized carbons (Fsp3) is 0.621. The van der Waals surface area contributed by atoms with Gasteiger partial charge in [0.05, 0.1) is 17.3 Å². The summed E-state index contributed by atoms with van der Waals surface area (Å²) in [6.07, 6.45) is 17.7. The number of terminal acetylenes is 8. The molecular weight excluding hydrogens is 1390 g/mol. The van der Waals surface area contributed by atoms with Crippen molar-refractivity contribution in [2.75, 3.05) is 7.05 Å². The molecule has 0 aliphatic carbocycles. The second-order valence-corrected chi connectivity index (χ2v) is 25.2. The summed E-state index contributed by atoms with van der Waals surface area (Å²) < 4.78 is 152. The SMILES string of the molecule is C#CC(C#C)(C(=O)C(F)(F)F)C(C)(C)C.C#CC(C#C)(C(=O)C(F)(F)F)C(C)(C)C(=O)NS.C#CC(C#C)(C(=O)C(F)(F)F)C(C)(C)C(=O)NS.C#CC(N)(C#C)C(=O)O.CC.CC.CC(C)(C)C(C)(C)N.CC(C)(N)C(=O)O.CC(C)C(C)(C)C.CN.O=C(CC(=O)C(F)(F)F)NS. The molecule has 0 aromatic heterocycles. The van der Waals surface area contributed by atoms with E-state index in [-0.39, 0.29) is 11.0 Å². The number of nitrogens with one attached hydrogen (secondary N) is 3. The number of hydrogen-bond donors (Lipinski definition) is 12. The van der Waals surface area contributed by atoms with Gasteiger partial charge in [-0.2, -0.15) is 52.7 Å². The lowest BCUT2D eigenvalue weighted by Gasteiger charge is -2.36. The number of alkyl halides is 12. The van der Waals surface area contributed by atoms with Crippen molar-refractivity contribution >= 4 is 91.2 Å². The molecule has 0 aliphatic heterocycles. The lowest BCUT2D eigenvalue weighted by atomic mass is 9.63. The van der Waals surface area contributed by atoms with Crippen LogP contribution in [0.4, 0.5) is 52.7 Å². The van der Waals surface area contributed by atoms with Gasteiger partial charge in [0.15, 0.2) is 16.2 Å². The molecule has 0 bridgehead atoms. The zero-order chi connectivity index (χ0) is 83.8. The number of rotatable bonds is 11. The third-order valence-corrected chi connectivity index (χ3v) is 13.9. The molecule has 0 fully saturated rings. The summed E-state index contributed by atoms with van der Waals surface area (Å²) in [5, 5.41) is 16.3. The van der Waals surface area contributed by atoms with E-state index in [2.05, 4.69) is 99.6 Å². The Bertz CT molecular complexity index is 2820. The van der Waals surface area contributed by atoms with Crippen molar-refractivity contribution < 1.29 is 106 Å². The van der Waals surface area contributed by atoms with E-state index in [9.17, 15) is 95.8 Å². The van der Waals surface area contributed by atoms with Gasteiger partial charge < -0.3 is 41.6 Å². The summed E-state index contributed by atoms with van der Waals surface area (Å²) in [4.78, 5) is 97.2. The third kappa shape index (κ3) is 39.2. The Morgan fingerprint density at radius 3 is 0.687 bits per heavy atom. The van der Waals surface area contributed by atoms with Crippen LogP contribution in [0.1, 0.15) is 166 Å². The molecular formula is C66H99F12N7O11S3. The predicted octanol–water partition coefficient (Wildman–Crippen LogP) is 10.5. The molecule has 0 aliphatic rings. The smallest absolute Gasteiger partial charge is 0.452 e. The quantitative estimate of drug-likeness (QED) is 0.0396. The number of Topliss-reactive ketones (excluding diaryl/α,β-unsaturated/α-hetero) is 4. The van der Waals surface area contributed by atoms with Crippen molar-refractivity contribution in [1.29, 1.82) is 0 Å². The average molecular weight is 1490 g/mol. The number of carbonyl (C=O) groups is 9. The van der Waals surface area contributed by atoms with E-state index < -0.39 is 127 Å². The number of aliphatic carboxylic acids is 2. The van der Waals surface area contributed by atoms with Crippen LogP contribution < -0.4 is 37.1 Å². The molecule has 0 heterocycles. The average Bonchev–Trinajstić information content (AvgIpc) is 0.767. The van der Waals surface area contributed by atoms with E-state index >= 15 is 0 Å². The maximum Gasteiger partial charge on any atom is 0.452 e. The third-order valence-electron chi connectivity index (χ3n) is 13.2. The van der Waals surface area contributed by atoms with E-state index in [1.54, 1.807) is 52.1 Å². The van der Waals surface area contributed by atoms with Gasteiger partial charge in [0.25, 0.3) is 17.3 Å².